The number of nitrogen functional groups attached to an aromatic ring is 1. The minimum Gasteiger partial charge on any atom is -0.398 e. The summed E-state index contributed by atoms with van der Waals surface area (Å²) in [6, 6.07) is 3.91. The average Bonchev–Trinajstić information content (AvgIpc) is 2.69. The number of aromatic nitrogens is 2. The molecule has 20 heavy (non-hydrogen) atoms. The Kier molecular flexibility index (Phi) is 4.59. The van der Waals surface area contributed by atoms with E-state index in [4.69, 9.17) is 5.73 Å². The fourth-order valence-corrected chi connectivity index (χ4v) is 3.80. The van der Waals surface area contributed by atoms with E-state index < -0.39 is 16.6 Å². The summed E-state index contributed by atoms with van der Waals surface area (Å²) in [5.74, 6) is -0.204. The Labute approximate surface area is 127 Å². The Morgan fingerprint density at radius 2 is 2.20 bits per heavy atom. The van der Waals surface area contributed by atoms with E-state index in [-0.39, 0.29) is 5.75 Å². The molecule has 1 atom stereocenters. The fourth-order valence-electron chi connectivity index (χ4n) is 1.91. The molecule has 0 aliphatic heterocycles. The lowest BCUT2D eigenvalue weighted by atomic mass is 10.3. The summed E-state index contributed by atoms with van der Waals surface area (Å²) in [5, 5.41) is 4.35. The van der Waals surface area contributed by atoms with E-state index in [1.165, 1.54) is 18.2 Å². The van der Waals surface area contributed by atoms with E-state index in [9.17, 15) is 8.60 Å². The molecule has 2 rings (SSSR count). The van der Waals surface area contributed by atoms with Gasteiger partial charge in [-0.2, -0.15) is 5.10 Å². The SMILES string of the molecule is CCn1nc(C)c(Br)c1CS(=O)c1cc(F)ccc1N. The molecule has 0 amide bonds. The number of aryl methyl sites for hydroxylation is 2. The number of benzene rings is 1. The number of hydrogen-bond acceptors (Lipinski definition) is 3. The zero-order valence-electron chi connectivity index (χ0n) is 11.2. The monoisotopic (exact) mass is 359 g/mol. The third kappa shape index (κ3) is 2.93. The topological polar surface area (TPSA) is 60.9 Å². The van der Waals surface area contributed by atoms with E-state index in [2.05, 4.69) is 21.0 Å². The zero-order valence-corrected chi connectivity index (χ0v) is 13.6. The second-order valence-electron chi connectivity index (χ2n) is 4.33. The van der Waals surface area contributed by atoms with E-state index in [0.717, 1.165) is 15.9 Å². The molecule has 1 aromatic heterocycles. The summed E-state index contributed by atoms with van der Waals surface area (Å²) in [6.45, 7) is 4.51. The maximum absolute atomic E-state index is 13.3. The van der Waals surface area contributed by atoms with Gasteiger partial charge >= 0.3 is 0 Å². The van der Waals surface area contributed by atoms with Crippen LogP contribution in [-0.4, -0.2) is 14.0 Å². The molecule has 0 spiro atoms. The van der Waals surface area contributed by atoms with Gasteiger partial charge in [0.25, 0.3) is 0 Å². The lowest BCUT2D eigenvalue weighted by molar-refractivity contribution is 0.620. The average molecular weight is 360 g/mol. The molecular weight excluding hydrogens is 345 g/mol. The normalized spacial score (nSPS) is 12.6. The van der Waals surface area contributed by atoms with E-state index in [0.29, 0.717) is 17.1 Å². The highest BCUT2D eigenvalue weighted by Crippen LogP contribution is 2.26. The Bertz CT molecular complexity index is 672. The molecule has 1 unspecified atom stereocenters. The summed E-state index contributed by atoms with van der Waals surface area (Å²) >= 11 is 3.45. The van der Waals surface area contributed by atoms with Gasteiger partial charge in [0, 0.05) is 12.2 Å². The van der Waals surface area contributed by atoms with Crippen molar-refractivity contribution in [1.82, 2.24) is 9.78 Å². The maximum Gasteiger partial charge on any atom is 0.124 e. The van der Waals surface area contributed by atoms with Gasteiger partial charge in [0.05, 0.1) is 37.3 Å². The summed E-state index contributed by atoms with van der Waals surface area (Å²) < 4.78 is 28.3. The van der Waals surface area contributed by atoms with Crippen LogP contribution in [0.4, 0.5) is 10.1 Å². The van der Waals surface area contributed by atoms with Crippen LogP contribution in [0.2, 0.25) is 0 Å². The van der Waals surface area contributed by atoms with Crippen molar-refractivity contribution in [1.29, 1.82) is 0 Å². The maximum atomic E-state index is 13.3. The molecule has 0 bridgehead atoms. The highest BCUT2D eigenvalue weighted by molar-refractivity contribution is 9.10. The minimum atomic E-state index is -1.42. The van der Waals surface area contributed by atoms with Gasteiger partial charge in [-0.15, -0.1) is 0 Å². The Hall–Kier alpha value is -1.21. The van der Waals surface area contributed by atoms with Crippen molar-refractivity contribution < 1.29 is 8.60 Å². The zero-order chi connectivity index (χ0) is 14.9. The molecule has 0 aliphatic rings. The lowest BCUT2D eigenvalue weighted by Crippen LogP contribution is -2.08. The van der Waals surface area contributed by atoms with Crippen LogP contribution in [0.25, 0.3) is 0 Å². The molecule has 2 aromatic rings. The predicted molar refractivity (Wildman–Crippen MR) is 81.3 cm³/mol. The van der Waals surface area contributed by atoms with Crippen molar-refractivity contribution in [2.24, 2.45) is 0 Å². The quantitative estimate of drug-likeness (QED) is 0.853. The summed E-state index contributed by atoms with van der Waals surface area (Å²) in [5.41, 5.74) is 7.76. The van der Waals surface area contributed by atoms with Crippen molar-refractivity contribution in [2.75, 3.05) is 5.73 Å². The van der Waals surface area contributed by atoms with Crippen LogP contribution in [0.5, 0.6) is 0 Å². The smallest absolute Gasteiger partial charge is 0.124 e. The molecular formula is C13H15BrFN3OS. The largest absolute Gasteiger partial charge is 0.398 e. The van der Waals surface area contributed by atoms with E-state index >= 15 is 0 Å². The molecule has 1 aromatic carbocycles. The highest BCUT2D eigenvalue weighted by atomic mass is 79.9. The standard InChI is InChI=1S/C13H15BrFN3OS/c1-3-18-11(13(14)8(2)17-18)7-20(19)12-6-9(15)4-5-10(12)16/h4-6H,3,7,16H2,1-2H3. The molecule has 0 fully saturated rings. The number of anilines is 1. The third-order valence-corrected chi connectivity index (χ3v) is 5.35. The Balaban J connectivity index is 2.35. The summed E-state index contributed by atoms with van der Waals surface area (Å²) in [7, 11) is -1.42. The lowest BCUT2D eigenvalue weighted by Gasteiger charge is -2.08. The molecule has 7 heteroatoms. The van der Waals surface area contributed by atoms with Gasteiger partial charge in [0.1, 0.15) is 5.82 Å². The molecule has 0 radical (unpaired) electrons. The molecule has 0 saturated carbocycles. The van der Waals surface area contributed by atoms with E-state index in [1.807, 2.05) is 13.8 Å². The van der Waals surface area contributed by atoms with Crippen LogP contribution in [0.3, 0.4) is 0 Å². The van der Waals surface area contributed by atoms with Crippen LogP contribution in [0.15, 0.2) is 27.6 Å². The van der Waals surface area contributed by atoms with Gasteiger partial charge in [-0.05, 0) is 48.0 Å². The summed E-state index contributed by atoms with van der Waals surface area (Å²) in [6.07, 6.45) is 0. The minimum absolute atomic E-state index is 0.239. The molecule has 0 aliphatic carbocycles. The second-order valence-corrected chi connectivity index (χ2v) is 6.55. The van der Waals surface area contributed by atoms with Crippen molar-refractivity contribution in [3.8, 4) is 0 Å². The van der Waals surface area contributed by atoms with Crippen LogP contribution in [-0.2, 0) is 23.1 Å². The number of halogens is 2. The first kappa shape index (κ1) is 15.2. The Morgan fingerprint density at radius 1 is 1.50 bits per heavy atom. The predicted octanol–water partition coefficient (Wildman–Crippen LogP) is 3.00. The van der Waals surface area contributed by atoms with Crippen molar-refractivity contribution in [2.45, 2.75) is 31.0 Å². The number of nitrogens with two attached hydrogens (primary N) is 1. The first-order valence-corrected chi connectivity index (χ1v) is 8.20. The van der Waals surface area contributed by atoms with Crippen LogP contribution < -0.4 is 5.73 Å². The third-order valence-electron chi connectivity index (χ3n) is 2.94. The van der Waals surface area contributed by atoms with E-state index in [1.54, 1.807) is 4.68 Å². The molecule has 2 N–H and O–H groups in total. The molecule has 1 heterocycles. The molecule has 4 nitrogen and oxygen atoms in total. The van der Waals surface area contributed by atoms with Gasteiger partial charge < -0.3 is 5.73 Å². The number of nitrogens with zero attached hydrogens (tertiary/aromatic N) is 2. The molecule has 108 valence electrons. The van der Waals surface area contributed by atoms with Gasteiger partial charge in [-0.1, -0.05) is 0 Å². The van der Waals surface area contributed by atoms with Gasteiger partial charge in [0.15, 0.2) is 0 Å². The first-order chi connectivity index (χ1) is 9.43. The fraction of sp³-hybridized carbons (Fsp3) is 0.308. The Morgan fingerprint density at radius 3 is 2.85 bits per heavy atom. The van der Waals surface area contributed by atoms with Gasteiger partial charge in [-0.3, -0.25) is 8.89 Å². The van der Waals surface area contributed by atoms with Crippen molar-refractivity contribution >= 4 is 32.4 Å². The molecule has 0 saturated heterocycles. The van der Waals surface area contributed by atoms with Gasteiger partial charge in [-0.25, -0.2) is 4.39 Å². The van der Waals surface area contributed by atoms with Crippen molar-refractivity contribution in [3.63, 3.8) is 0 Å². The van der Waals surface area contributed by atoms with Crippen LogP contribution in [0, 0.1) is 12.7 Å². The van der Waals surface area contributed by atoms with Crippen molar-refractivity contribution in [3.05, 3.63) is 39.9 Å². The number of hydrogen-bond donors (Lipinski definition) is 1. The van der Waals surface area contributed by atoms with Crippen LogP contribution >= 0.6 is 15.9 Å². The van der Waals surface area contributed by atoms with Crippen LogP contribution in [0.1, 0.15) is 18.3 Å². The number of rotatable bonds is 4. The first-order valence-electron chi connectivity index (χ1n) is 6.09. The second kappa shape index (κ2) is 6.05. The summed E-state index contributed by atoms with van der Waals surface area (Å²) in [4.78, 5) is 0.318. The van der Waals surface area contributed by atoms with Gasteiger partial charge in [0.2, 0.25) is 0 Å². The highest BCUT2D eigenvalue weighted by Gasteiger charge is 2.17.